The molecule has 1 unspecified atom stereocenters. The van der Waals surface area contributed by atoms with Crippen LogP contribution in [0.3, 0.4) is 0 Å². The van der Waals surface area contributed by atoms with Crippen molar-refractivity contribution in [2.24, 2.45) is 0 Å². The summed E-state index contributed by atoms with van der Waals surface area (Å²) in [4.78, 5) is 25.2. The number of carbonyl (C=O) groups is 1. The van der Waals surface area contributed by atoms with Gasteiger partial charge in [-0.3, -0.25) is 4.79 Å². The Morgan fingerprint density at radius 2 is 2.30 bits per heavy atom. The lowest BCUT2D eigenvalue weighted by molar-refractivity contribution is -0.127. The normalized spacial score (nSPS) is 29.2. The minimum absolute atomic E-state index is 0.0816. The Labute approximate surface area is 121 Å². The Balaban J connectivity index is 1.91. The fraction of sp³-hybridized carbons (Fsp3) is 0.615. The number of aromatic nitrogens is 2. The summed E-state index contributed by atoms with van der Waals surface area (Å²) in [5, 5.41) is 0.211. The van der Waals surface area contributed by atoms with Crippen LogP contribution in [0.25, 0.3) is 0 Å². The summed E-state index contributed by atoms with van der Waals surface area (Å²) in [7, 11) is 0. The number of fused-ring (bicyclic) bond motifs is 3. The molecule has 3 aliphatic rings. The van der Waals surface area contributed by atoms with Gasteiger partial charge in [-0.05, 0) is 31.4 Å². The first-order chi connectivity index (χ1) is 9.61. The second-order valence-electron chi connectivity index (χ2n) is 5.73. The van der Waals surface area contributed by atoms with Crippen LogP contribution in [0.2, 0.25) is 5.28 Å². The summed E-state index contributed by atoms with van der Waals surface area (Å²) in [6.07, 6.45) is 3.73. The topological polar surface area (TPSA) is 58.6 Å². The molecule has 1 aliphatic carbocycles. The van der Waals surface area contributed by atoms with Crippen LogP contribution in [0.1, 0.15) is 19.8 Å². The van der Waals surface area contributed by atoms with Crippen LogP contribution in [-0.4, -0.2) is 47.2 Å². The van der Waals surface area contributed by atoms with Crippen molar-refractivity contribution in [1.82, 2.24) is 9.97 Å². The molecule has 1 amide bonds. The van der Waals surface area contributed by atoms with E-state index in [-0.39, 0.29) is 17.2 Å². The second kappa shape index (κ2) is 4.05. The van der Waals surface area contributed by atoms with E-state index in [9.17, 15) is 4.79 Å². The third-order valence-electron chi connectivity index (χ3n) is 4.27. The maximum absolute atomic E-state index is 12.9. The van der Waals surface area contributed by atoms with E-state index in [1.165, 1.54) is 0 Å². The molecule has 2 fully saturated rings. The number of rotatable bonds is 1. The highest BCUT2D eigenvalue weighted by Crippen LogP contribution is 2.45. The Morgan fingerprint density at radius 3 is 3.05 bits per heavy atom. The lowest BCUT2D eigenvalue weighted by atomic mass is 9.94. The summed E-state index contributed by atoms with van der Waals surface area (Å²) >= 11 is 5.95. The van der Waals surface area contributed by atoms with Crippen LogP contribution in [0.4, 0.5) is 11.5 Å². The van der Waals surface area contributed by atoms with Crippen LogP contribution in [0.5, 0.6) is 0 Å². The zero-order chi connectivity index (χ0) is 13.9. The summed E-state index contributed by atoms with van der Waals surface area (Å²) in [6.45, 7) is 3.54. The van der Waals surface area contributed by atoms with E-state index in [0.29, 0.717) is 19.8 Å². The Kier molecular flexibility index (Phi) is 2.50. The molecule has 3 heterocycles. The summed E-state index contributed by atoms with van der Waals surface area (Å²) in [5.74, 6) is 0.834. The molecule has 0 aromatic carbocycles. The average Bonchev–Trinajstić information content (AvgIpc) is 3.25. The monoisotopic (exact) mass is 294 g/mol. The first-order valence-corrected chi connectivity index (χ1v) is 7.21. The van der Waals surface area contributed by atoms with Gasteiger partial charge in [-0.2, -0.15) is 4.98 Å². The van der Waals surface area contributed by atoms with Crippen LogP contribution in [0.15, 0.2) is 6.20 Å². The molecule has 1 saturated carbocycles. The number of morpholine rings is 1. The third kappa shape index (κ3) is 1.58. The summed E-state index contributed by atoms with van der Waals surface area (Å²) in [5.41, 5.74) is 0.0900. The third-order valence-corrected chi connectivity index (χ3v) is 4.45. The number of anilines is 2. The number of hydrogen-bond donors (Lipinski definition) is 0. The molecular formula is C13H15ClN4O2. The Hall–Kier alpha value is -1.40. The van der Waals surface area contributed by atoms with Gasteiger partial charge in [-0.25, -0.2) is 4.98 Å². The molecule has 2 aliphatic heterocycles. The van der Waals surface area contributed by atoms with E-state index in [4.69, 9.17) is 16.3 Å². The molecule has 6 nitrogen and oxygen atoms in total. The van der Waals surface area contributed by atoms with E-state index in [1.807, 2.05) is 16.7 Å². The zero-order valence-electron chi connectivity index (χ0n) is 11.2. The minimum Gasteiger partial charge on any atom is -0.377 e. The SMILES string of the molecule is CC12COCCN1c1nc(Cl)ncc1N(C1CC1)C2=O. The maximum Gasteiger partial charge on any atom is 0.255 e. The number of ether oxygens (including phenoxy) is 1. The smallest absolute Gasteiger partial charge is 0.255 e. The molecule has 0 N–H and O–H groups in total. The van der Waals surface area contributed by atoms with Crippen molar-refractivity contribution in [1.29, 1.82) is 0 Å². The Bertz CT molecular complexity index is 592. The van der Waals surface area contributed by atoms with Gasteiger partial charge in [0.1, 0.15) is 11.2 Å². The van der Waals surface area contributed by atoms with Gasteiger partial charge < -0.3 is 14.5 Å². The predicted octanol–water partition coefficient (Wildman–Crippen LogP) is 1.23. The highest BCUT2D eigenvalue weighted by Gasteiger charge is 2.53. The molecule has 1 aromatic heterocycles. The molecule has 7 heteroatoms. The van der Waals surface area contributed by atoms with Crippen molar-refractivity contribution in [3.05, 3.63) is 11.5 Å². The second-order valence-corrected chi connectivity index (χ2v) is 6.07. The van der Waals surface area contributed by atoms with Crippen molar-refractivity contribution in [2.75, 3.05) is 29.6 Å². The van der Waals surface area contributed by atoms with Crippen LogP contribution in [-0.2, 0) is 9.53 Å². The number of amides is 1. The van der Waals surface area contributed by atoms with Crippen molar-refractivity contribution in [2.45, 2.75) is 31.3 Å². The first-order valence-electron chi connectivity index (χ1n) is 6.83. The van der Waals surface area contributed by atoms with Crippen molar-refractivity contribution >= 4 is 29.0 Å². The summed E-state index contributed by atoms with van der Waals surface area (Å²) in [6, 6.07) is 0.270. The molecule has 0 bridgehead atoms. The van der Waals surface area contributed by atoms with Gasteiger partial charge in [-0.1, -0.05) is 0 Å². The van der Waals surface area contributed by atoms with Crippen LogP contribution < -0.4 is 9.80 Å². The standard InChI is InChI=1S/C13H15ClN4O2/c1-13-7-20-5-4-17(13)10-9(6-15-12(14)16-10)18(11(13)19)8-2-3-8/h6,8H,2-5,7H2,1H3. The number of halogens is 1. The van der Waals surface area contributed by atoms with Crippen LogP contribution >= 0.6 is 11.6 Å². The van der Waals surface area contributed by atoms with Gasteiger partial charge in [0.05, 0.1) is 19.4 Å². The van der Waals surface area contributed by atoms with Gasteiger partial charge in [0.15, 0.2) is 5.82 Å². The van der Waals surface area contributed by atoms with Gasteiger partial charge in [0.25, 0.3) is 5.91 Å². The lowest BCUT2D eigenvalue weighted by Crippen LogP contribution is -2.67. The minimum atomic E-state index is -0.689. The Morgan fingerprint density at radius 1 is 1.50 bits per heavy atom. The molecule has 106 valence electrons. The van der Waals surface area contributed by atoms with Gasteiger partial charge in [0.2, 0.25) is 5.28 Å². The molecule has 0 spiro atoms. The predicted molar refractivity (Wildman–Crippen MR) is 74.1 cm³/mol. The molecule has 1 aromatic rings. The van der Waals surface area contributed by atoms with E-state index in [1.54, 1.807) is 6.20 Å². The van der Waals surface area contributed by atoms with E-state index in [2.05, 4.69) is 9.97 Å². The number of nitrogens with zero attached hydrogens (tertiary/aromatic N) is 4. The van der Waals surface area contributed by atoms with Gasteiger partial charge >= 0.3 is 0 Å². The average molecular weight is 295 g/mol. The number of hydrogen-bond acceptors (Lipinski definition) is 5. The van der Waals surface area contributed by atoms with E-state index in [0.717, 1.165) is 24.3 Å². The van der Waals surface area contributed by atoms with Gasteiger partial charge in [-0.15, -0.1) is 0 Å². The van der Waals surface area contributed by atoms with Crippen molar-refractivity contribution < 1.29 is 9.53 Å². The fourth-order valence-corrected chi connectivity index (χ4v) is 3.18. The van der Waals surface area contributed by atoms with Crippen molar-refractivity contribution in [3.63, 3.8) is 0 Å². The molecular weight excluding hydrogens is 280 g/mol. The van der Waals surface area contributed by atoms with E-state index >= 15 is 0 Å². The van der Waals surface area contributed by atoms with Crippen molar-refractivity contribution in [3.8, 4) is 0 Å². The summed E-state index contributed by atoms with van der Waals surface area (Å²) < 4.78 is 5.54. The maximum atomic E-state index is 12.9. The van der Waals surface area contributed by atoms with Crippen LogP contribution in [0, 0.1) is 0 Å². The molecule has 4 rings (SSSR count). The highest BCUT2D eigenvalue weighted by atomic mass is 35.5. The molecule has 1 saturated heterocycles. The highest BCUT2D eigenvalue weighted by molar-refractivity contribution is 6.28. The van der Waals surface area contributed by atoms with E-state index < -0.39 is 5.54 Å². The lowest BCUT2D eigenvalue weighted by Gasteiger charge is -2.50. The van der Waals surface area contributed by atoms with Gasteiger partial charge in [0, 0.05) is 12.6 Å². The molecule has 20 heavy (non-hydrogen) atoms. The first kappa shape index (κ1) is 12.3. The number of carbonyl (C=O) groups excluding carboxylic acids is 1. The fourth-order valence-electron chi connectivity index (χ4n) is 3.05. The molecule has 1 atom stereocenters. The molecule has 0 radical (unpaired) electrons. The zero-order valence-corrected chi connectivity index (χ0v) is 11.9. The largest absolute Gasteiger partial charge is 0.377 e. The quantitative estimate of drug-likeness (QED) is 0.729.